The average Bonchev–Trinajstić information content (AvgIpc) is 3.20. The number of aryl methyl sites for hydroxylation is 1. The fourth-order valence-electron chi connectivity index (χ4n) is 6.05. The highest BCUT2D eigenvalue weighted by Crippen LogP contribution is 2.52. The van der Waals surface area contributed by atoms with E-state index in [4.69, 9.17) is 14.2 Å². The van der Waals surface area contributed by atoms with Crippen LogP contribution in [0.15, 0.2) is 36.0 Å². The van der Waals surface area contributed by atoms with E-state index in [9.17, 15) is 34.8 Å². The zero-order chi connectivity index (χ0) is 28.6. The number of carbonyl (C=O) groups is 3. The van der Waals surface area contributed by atoms with E-state index in [2.05, 4.69) is 0 Å². The number of aromatic hydroxyl groups is 1. The van der Waals surface area contributed by atoms with Crippen molar-refractivity contribution in [3.05, 3.63) is 63.8 Å². The molecule has 0 bridgehead atoms. The predicted octanol–water partition coefficient (Wildman–Crippen LogP) is 1.74. The van der Waals surface area contributed by atoms with Gasteiger partial charge in [0.05, 0.1) is 29.4 Å². The topological polar surface area (TPSA) is 163 Å². The van der Waals surface area contributed by atoms with Crippen LogP contribution in [-0.2, 0) is 14.3 Å². The van der Waals surface area contributed by atoms with Gasteiger partial charge in [-0.15, -0.1) is 0 Å². The Hall–Kier alpha value is -3.77. The second kappa shape index (κ2) is 9.41. The predicted molar refractivity (Wildman–Crippen MR) is 137 cm³/mol. The van der Waals surface area contributed by atoms with Crippen molar-refractivity contribution in [3.8, 4) is 11.5 Å². The van der Waals surface area contributed by atoms with Gasteiger partial charge in [-0.05, 0) is 44.5 Å². The minimum atomic E-state index is -1.11. The van der Waals surface area contributed by atoms with Gasteiger partial charge in [0.2, 0.25) is 18.3 Å². The first-order valence-corrected chi connectivity index (χ1v) is 13.1. The molecule has 4 aliphatic rings. The molecule has 40 heavy (non-hydrogen) atoms. The Kier molecular flexibility index (Phi) is 6.22. The van der Waals surface area contributed by atoms with Crippen molar-refractivity contribution in [3.63, 3.8) is 0 Å². The van der Waals surface area contributed by atoms with Gasteiger partial charge in [-0.2, -0.15) is 0 Å². The van der Waals surface area contributed by atoms with E-state index in [0.29, 0.717) is 11.1 Å². The van der Waals surface area contributed by atoms with Crippen molar-refractivity contribution in [1.82, 2.24) is 4.90 Å². The first-order chi connectivity index (χ1) is 19.0. The monoisotopic (exact) mass is 551 g/mol. The molecule has 1 aliphatic carbocycles. The second-order valence-electron chi connectivity index (χ2n) is 10.8. The molecular formula is C29H29NO10. The summed E-state index contributed by atoms with van der Waals surface area (Å²) in [6.07, 6.45) is -6.11. The molecule has 2 aromatic carbocycles. The molecule has 2 fully saturated rings. The number of esters is 1. The standard InChI is InChI=1S/C29H29NO10/c1-11-7-15-21(17(32)8-11)23-24(30-16(9-12(2)31)29(37)40-28(15)30)27(36)22-14(26(23)35)5-4-6-19(22)39-20-10-18(33)25(34)13(3)38-20/h4-8,12-13,16,18,20,25,28,31-34H,9-10H2,1-3H3/t12?,13?,16-,18?,20?,25?,28?/m0/s1. The van der Waals surface area contributed by atoms with Crippen LogP contribution in [0.1, 0.15) is 70.3 Å². The van der Waals surface area contributed by atoms with Crippen LogP contribution >= 0.6 is 0 Å². The molecule has 210 valence electrons. The zero-order valence-electron chi connectivity index (χ0n) is 22.0. The Morgan fingerprint density at radius 2 is 1.88 bits per heavy atom. The molecule has 6 unspecified atom stereocenters. The third-order valence-electron chi connectivity index (χ3n) is 7.83. The number of hydrogen-bond donors (Lipinski definition) is 4. The number of rotatable bonds is 4. The number of phenols is 1. The molecule has 3 heterocycles. The highest BCUT2D eigenvalue weighted by atomic mass is 16.7. The lowest BCUT2D eigenvalue weighted by Gasteiger charge is -2.39. The first-order valence-electron chi connectivity index (χ1n) is 13.1. The fraction of sp³-hybridized carbons (Fsp3) is 0.414. The molecule has 11 nitrogen and oxygen atoms in total. The molecule has 6 rings (SSSR count). The maximum absolute atomic E-state index is 14.3. The molecule has 0 aromatic heterocycles. The van der Waals surface area contributed by atoms with Crippen molar-refractivity contribution in [2.75, 3.05) is 0 Å². The SMILES string of the molecule is Cc1cc(O)c2c(c1)C1OC(=O)[C@H](CC(C)O)N1C1=C2C(=O)c2cccc(OC3CC(O)C(O)C(C)O3)c2C1=O. The summed E-state index contributed by atoms with van der Waals surface area (Å²) in [6.45, 7) is 4.83. The number of phenolic OH excluding ortho intramolecular Hbond substituents is 1. The Balaban J connectivity index is 1.51. The number of allylic oxidation sites excluding steroid dienone is 2. The number of aliphatic hydroxyl groups is 3. The lowest BCUT2D eigenvalue weighted by molar-refractivity contribution is -0.216. The summed E-state index contributed by atoms with van der Waals surface area (Å²) in [5.41, 5.74) is 0.926. The van der Waals surface area contributed by atoms with Gasteiger partial charge in [-0.1, -0.05) is 12.1 Å². The highest BCUT2D eigenvalue weighted by Gasteiger charge is 2.54. The van der Waals surface area contributed by atoms with Gasteiger partial charge in [-0.3, -0.25) is 9.59 Å². The fourth-order valence-corrected chi connectivity index (χ4v) is 6.05. The first kappa shape index (κ1) is 26.5. The van der Waals surface area contributed by atoms with Crippen LogP contribution in [0.25, 0.3) is 5.57 Å². The van der Waals surface area contributed by atoms with Gasteiger partial charge in [-0.25, -0.2) is 4.79 Å². The third kappa shape index (κ3) is 3.92. The summed E-state index contributed by atoms with van der Waals surface area (Å²) >= 11 is 0. The molecule has 2 aromatic rings. The molecule has 2 saturated heterocycles. The normalized spacial score (nSPS) is 29.9. The van der Waals surface area contributed by atoms with Crippen LogP contribution in [-0.4, -0.2) is 79.6 Å². The van der Waals surface area contributed by atoms with Crippen molar-refractivity contribution in [2.24, 2.45) is 0 Å². The second-order valence-corrected chi connectivity index (χ2v) is 10.8. The summed E-state index contributed by atoms with van der Waals surface area (Å²) in [4.78, 5) is 42.9. The lowest BCUT2D eigenvalue weighted by atomic mass is 9.78. The minimum absolute atomic E-state index is 0.0252. The van der Waals surface area contributed by atoms with Crippen LogP contribution in [0, 0.1) is 6.92 Å². The molecular weight excluding hydrogens is 522 g/mol. The molecule has 3 aliphatic heterocycles. The Bertz CT molecular complexity index is 1470. The smallest absolute Gasteiger partial charge is 0.331 e. The molecule has 4 N–H and O–H groups in total. The van der Waals surface area contributed by atoms with Crippen molar-refractivity contribution >= 4 is 23.1 Å². The number of Topliss-reactive ketones (excluding diaryl/α,β-unsaturated/α-hetero) is 2. The number of hydrogen-bond acceptors (Lipinski definition) is 11. The zero-order valence-corrected chi connectivity index (χ0v) is 22.0. The summed E-state index contributed by atoms with van der Waals surface area (Å²) in [5.74, 6) is -2.06. The Morgan fingerprint density at radius 3 is 2.58 bits per heavy atom. The molecule has 0 radical (unpaired) electrons. The van der Waals surface area contributed by atoms with Crippen LogP contribution in [0.3, 0.4) is 0 Å². The Morgan fingerprint density at radius 1 is 1.12 bits per heavy atom. The molecule has 11 heteroatoms. The maximum atomic E-state index is 14.3. The van der Waals surface area contributed by atoms with Gasteiger partial charge in [0.25, 0.3) is 0 Å². The van der Waals surface area contributed by atoms with Crippen molar-refractivity contribution < 1.29 is 49.0 Å². The summed E-state index contributed by atoms with van der Waals surface area (Å²) in [6, 6.07) is 6.62. The molecule has 7 atom stereocenters. The summed E-state index contributed by atoms with van der Waals surface area (Å²) in [7, 11) is 0. The van der Waals surface area contributed by atoms with E-state index in [-0.39, 0.29) is 52.3 Å². The summed E-state index contributed by atoms with van der Waals surface area (Å²) < 4.78 is 17.3. The Labute approximate surface area is 229 Å². The third-order valence-corrected chi connectivity index (χ3v) is 7.83. The largest absolute Gasteiger partial charge is 0.507 e. The average molecular weight is 552 g/mol. The van der Waals surface area contributed by atoms with Crippen molar-refractivity contribution in [1.29, 1.82) is 0 Å². The number of ether oxygens (including phenoxy) is 3. The van der Waals surface area contributed by atoms with Crippen LogP contribution in [0.5, 0.6) is 11.5 Å². The van der Waals surface area contributed by atoms with Gasteiger partial charge in [0.15, 0.2) is 5.78 Å². The van der Waals surface area contributed by atoms with E-state index in [1.807, 2.05) is 0 Å². The van der Waals surface area contributed by atoms with Crippen molar-refractivity contribution in [2.45, 2.75) is 76.6 Å². The number of nitrogens with zero attached hydrogens (tertiary/aromatic N) is 1. The number of ketones is 2. The van der Waals surface area contributed by atoms with E-state index in [1.54, 1.807) is 26.0 Å². The van der Waals surface area contributed by atoms with Crippen LogP contribution in [0.4, 0.5) is 0 Å². The van der Waals surface area contributed by atoms with Gasteiger partial charge >= 0.3 is 5.97 Å². The quantitative estimate of drug-likeness (QED) is 0.409. The maximum Gasteiger partial charge on any atom is 0.331 e. The van der Waals surface area contributed by atoms with Gasteiger partial charge in [0.1, 0.15) is 29.3 Å². The van der Waals surface area contributed by atoms with Gasteiger partial charge < -0.3 is 39.5 Å². The summed E-state index contributed by atoms with van der Waals surface area (Å²) in [5, 5.41) is 41.4. The van der Waals surface area contributed by atoms with E-state index < -0.39 is 60.5 Å². The number of aliphatic hydroxyl groups excluding tert-OH is 3. The molecule has 0 saturated carbocycles. The molecule has 0 spiro atoms. The van der Waals surface area contributed by atoms with E-state index in [1.165, 1.54) is 30.0 Å². The number of benzene rings is 2. The van der Waals surface area contributed by atoms with Crippen LogP contribution < -0.4 is 4.74 Å². The number of fused-ring (bicyclic) bond motifs is 6. The number of carbonyl (C=O) groups excluding carboxylic acids is 3. The highest BCUT2D eigenvalue weighted by molar-refractivity contribution is 6.41. The molecule has 0 amide bonds. The van der Waals surface area contributed by atoms with E-state index >= 15 is 0 Å². The van der Waals surface area contributed by atoms with Gasteiger partial charge in [0, 0.05) is 29.5 Å². The van der Waals surface area contributed by atoms with E-state index in [0.717, 1.165) is 0 Å². The lowest BCUT2D eigenvalue weighted by Crippen LogP contribution is -2.48. The minimum Gasteiger partial charge on any atom is -0.507 e. The van der Waals surface area contributed by atoms with Crippen LogP contribution in [0.2, 0.25) is 0 Å².